The molecule has 3 fully saturated rings. The molecule has 1 aromatic carbocycles. The fraction of sp³-hybridized carbons (Fsp3) is 0.593. The molecule has 1 aliphatic heterocycles. The van der Waals surface area contributed by atoms with Crippen LogP contribution in [-0.2, 0) is 14.3 Å². The number of halogens is 1. The third-order valence-electron chi connectivity index (χ3n) is 6.84. The summed E-state index contributed by atoms with van der Waals surface area (Å²) in [7, 11) is 1.33. The minimum Gasteiger partial charge on any atom is -0.490 e. The highest BCUT2D eigenvalue weighted by atomic mass is 127. The summed E-state index contributed by atoms with van der Waals surface area (Å²) in [5.74, 6) is 0.634. The quantitative estimate of drug-likeness (QED) is 0.195. The van der Waals surface area contributed by atoms with Crippen molar-refractivity contribution in [3.63, 3.8) is 0 Å². The van der Waals surface area contributed by atoms with Crippen molar-refractivity contribution >= 4 is 57.5 Å². The van der Waals surface area contributed by atoms with Gasteiger partial charge in [-0.05, 0) is 90.7 Å². The maximum absolute atomic E-state index is 13.7. The van der Waals surface area contributed by atoms with Crippen molar-refractivity contribution in [3.8, 4) is 11.5 Å². The van der Waals surface area contributed by atoms with E-state index in [4.69, 9.17) is 14.5 Å². The van der Waals surface area contributed by atoms with Crippen LogP contribution in [0, 0.1) is 3.57 Å². The number of carbonyl (C=O) groups is 2. The van der Waals surface area contributed by atoms with Crippen molar-refractivity contribution in [1.82, 2.24) is 4.90 Å². The Hall–Kier alpha value is -1.75. The molecule has 2 saturated carbocycles. The molecule has 3 aliphatic rings. The second-order valence-electron chi connectivity index (χ2n) is 9.41. The largest absolute Gasteiger partial charge is 0.490 e. The number of thioether (sulfide) groups is 1. The Morgan fingerprint density at radius 2 is 1.81 bits per heavy atom. The van der Waals surface area contributed by atoms with Crippen molar-refractivity contribution in [3.05, 3.63) is 26.2 Å². The topological polar surface area (TPSA) is 77.4 Å². The molecule has 9 heteroatoms. The zero-order valence-corrected chi connectivity index (χ0v) is 24.1. The highest BCUT2D eigenvalue weighted by Gasteiger charge is 2.39. The van der Waals surface area contributed by atoms with Gasteiger partial charge in [0.25, 0.3) is 5.91 Å². The van der Waals surface area contributed by atoms with Gasteiger partial charge in [0, 0.05) is 6.04 Å². The molecule has 1 aromatic rings. The predicted molar refractivity (Wildman–Crippen MR) is 151 cm³/mol. The smallest absolute Gasteiger partial charge is 0.343 e. The van der Waals surface area contributed by atoms with Crippen molar-refractivity contribution in [1.29, 1.82) is 0 Å². The molecule has 4 rings (SSSR count). The van der Waals surface area contributed by atoms with Crippen LogP contribution in [-0.4, -0.2) is 54.4 Å². The second-order valence-corrected chi connectivity index (χ2v) is 11.6. The number of nitrogens with zero attached hydrogens (tertiary/aromatic N) is 2. The molecule has 196 valence electrons. The second kappa shape index (κ2) is 13.2. The van der Waals surface area contributed by atoms with Crippen LogP contribution >= 0.6 is 34.4 Å². The van der Waals surface area contributed by atoms with Gasteiger partial charge in [-0.2, -0.15) is 0 Å². The number of carbonyl (C=O) groups excluding carboxylic acids is 2. The number of methoxy groups -OCH3 is 1. The van der Waals surface area contributed by atoms with Gasteiger partial charge in [0.1, 0.15) is 0 Å². The lowest BCUT2D eigenvalue weighted by Crippen LogP contribution is -2.41. The van der Waals surface area contributed by atoms with Gasteiger partial charge >= 0.3 is 5.97 Å². The summed E-state index contributed by atoms with van der Waals surface area (Å²) in [6, 6.07) is 4.36. The Morgan fingerprint density at radius 3 is 2.47 bits per heavy atom. The van der Waals surface area contributed by atoms with Crippen LogP contribution in [0.2, 0.25) is 0 Å². The number of hydrogen-bond donors (Lipinski definition) is 0. The number of esters is 1. The highest BCUT2D eigenvalue weighted by molar-refractivity contribution is 14.1. The first-order chi connectivity index (χ1) is 17.5. The minimum absolute atomic E-state index is 0.0560. The predicted octanol–water partition coefficient (Wildman–Crippen LogP) is 6.18. The molecule has 0 atom stereocenters. The van der Waals surface area contributed by atoms with Gasteiger partial charge < -0.3 is 14.2 Å². The van der Waals surface area contributed by atoms with Crippen LogP contribution in [0.1, 0.15) is 76.7 Å². The van der Waals surface area contributed by atoms with E-state index in [0.29, 0.717) is 29.1 Å². The fourth-order valence-electron chi connectivity index (χ4n) is 5.02. The maximum atomic E-state index is 13.7. The van der Waals surface area contributed by atoms with Gasteiger partial charge in [-0.15, -0.1) is 0 Å². The Labute approximate surface area is 231 Å². The van der Waals surface area contributed by atoms with Crippen LogP contribution in [0.25, 0.3) is 6.08 Å². The van der Waals surface area contributed by atoms with Gasteiger partial charge in [-0.25, -0.2) is 4.79 Å². The van der Waals surface area contributed by atoms with E-state index in [1.54, 1.807) is 0 Å². The van der Waals surface area contributed by atoms with Gasteiger partial charge in [-0.3, -0.25) is 14.7 Å². The number of amidine groups is 1. The molecule has 1 amide bonds. The third-order valence-corrected chi connectivity index (χ3v) is 8.63. The molecule has 0 spiro atoms. The summed E-state index contributed by atoms with van der Waals surface area (Å²) in [6.07, 6.45) is 13.5. The van der Waals surface area contributed by atoms with E-state index in [0.717, 1.165) is 52.8 Å². The first-order valence-corrected chi connectivity index (χ1v) is 14.9. The zero-order valence-electron chi connectivity index (χ0n) is 21.1. The van der Waals surface area contributed by atoms with Gasteiger partial charge in [0.2, 0.25) is 0 Å². The molecule has 7 nitrogen and oxygen atoms in total. The Morgan fingerprint density at radius 1 is 1.11 bits per heavy atom. The fourth-order valence-corrected chi connectivity index (χ4v) is 6.91. The minimum atomic E-state index is -0.458. The van der Waals surface area contributed by atoms with Crippen molar-refractivity contribution in [2.75, 3.05) is 20.3 Å². The lowest BCUT2D eigenvalue weighted by molar-refractivity contribution is -0.143. The summed E-state index contributed by atoms with van der Waals surface area (Å²) >= 11 is 3.68. The molecule has 0 aromatic heterocycles. The lowest BCUT2D eigenvalue weighted by atomic mass is 9.94. The molecule has 36 heavy (non-hydrogen) atoms. The lowest BCUT2D eigenvalue weighted by Gasteiger charge is -2.31. The molecule has 1 heterocycles. The van der Waals surface area contributed by atoms with Gasteiger partial charge in [0.15, 0.2) is 23.3 Å². The van der Waals surface area contributed by atoms with E-state index < -0.39 is 5.97 Å². The van der Waals surface area contributed by atoms with Gasteiger partial charge in [-0.1, -0.05) is 38.5 Å². The molecule has 0 bridgehead atoms. The Kier molecular flexibility index (Phi) is 9.98. The average molecular weight is 627 g/mol. The van der Waals surface area contributed by atoms with Crippen molar-refractivity contribution in [2.45, 2.75) is 83.2 Å². The van der Waals surface area contributed by atoms with Crippen LogP contribution < -0.4 is 9.47 Å². The molecule has 0 unspecified atom stereocenters. The highest BCUT2D eigenvalue weighted by Crippen LogP contribution is 2.40. The van der Waals surface area contributed by atoms with E-state index in [2.05, 4.69) is 27.3 Å². The van der Waals surface area contributed by atoms with E-state index in [1.807, 2.05) is 30.0 Å². The summed E-state index contributed by atoms with van der Waals surface area (Å²) in [5, 5.41) is 0.878. The van der Waals surface area contributed by atoms with E-state index in [-0.39, 0.29) is 18.6 Å². The normalized spacial score (nSPS) is 21.9. The summed E-state index contributed by atoms with van der Waals surface area (Å²) < 4.78 is 17.0. The number of hydrogen-bond acceptors (Lipinski definition) is 7. The van der Waals surface area contributed by atoms with Crippen LogP contribution in [0.4, 0.5) is 0 Å². The van der Waals surface area contributed by atoms with Crippen LogP contribution in [0.3, 0.4) is 0 Å². The summed E-state index contributed by atoms with van der Waals surface area (Å²) in [4.78, 5) is 33.1. The van der Waals surface area contributed by atoms with Crippen LogP contribution in [0.5, 0.6) is 11.5 Å². The maximum Gasteiger partial charge on any atom is 0.343 e. The van der Waals surface area contributed by atoms with E-state index in [9.17, 15) is 9.59 Å². The number of amides is 1. The summed E-state index contributed by atoms with van der Waals surface area (Å²) in [6.45, 7) is 2.15. The average Bonchev–Trinajstić information content (AvgIpc) is 3.18. The number of rotatable bonds is 8. The molecule has 0 N–H and O–H groups in total. The zero-order chi connectivity index (χ0) is 25.5. The first-order valence-electron chi connectivity index (χ1n) is 13.0. The molecule has 2 aliphatic carbocycles. The Balaban J connectivity index is 1.63. The van der Waals surface area contributed by atoms with Crippen molar-refractivity contribution < 1.29 is 23.8 Å². The number of aliphatic imine (C=N–C) groups is 1. The monoisotopic (exact) mass is 626 g/mol. The molecular formula is C27H35IN2O5S. The number of ether oxygens (including phenoxy) is 3. The van der Waals surface area contributed by atoms with Gasteiger partial charge in [0.05, 0.1) is 28.2 Å². The number of benzene rings is 1. The van der Waals surface area contributed by atoms with Crippen LogP contribution in [0.15, 0.2) is 22.0 Å². The Bertz CT molecular complexity index is 1020. The first kappa shape index (κ1) is 27.3. The molecular weight excluding hydrogens is 591 g/mol. The van der Waals surface area contributed by atoms with E-state index >= 15 is 0 Å². The third kappa shape index (κ3) is 6.76. The molecule has 1 saturated heterocycles. The SMILES string of the molecule is CCOc1cc(C=C2SC(=NC3CCCCC3)N(C3CCCCC3)C2=O)cc(I)c1OCC(=O)OC. The summed E-state index contributed by atoms with van der Waals surface area (Å²) in [5.41, 5.74) is 0.853. The van der Waals surface area contributed by atoms with Crippen molar-refractivity contribution in [2.24, 2.45) is 4.99 Å². The van der Waals surface area contributed by atoms with E-state index in [1.165, 1.54) is 44.6 Å². The molecule has 0 radical (unpaired) electrons. The standard InChI is InChI=1S/C27H35IN2O5S/c1-3-34-22-15-18(14-21(28)25(22)35-17-24(31)33-2)16-23-26(32)30(20-12-8-5-9-13-20)27(36-23)29-19-10-6-4-7-11-19/h14-16,19-20H,3-13,17H2,1-2H3.